The highest BCUT2D eigenvalue weighted by atomic mass is 35.5. The lowest BCUT2D eigenvalue weighted by Crippen LogP contribution is -2.33. The van der Waals surface area contributed by atoms with Crippen LogP contribution in [-0.2, 0) is 20.2 Å². The number of likely N-dealkylation sites (tertiary alicyclic amines) is 1. The lowest BCUT2D eigenvalue weighted by Gasteiger charge is -2.31. The Morgan fingerprint density at radius 2 is 1.93 bits per heavy atom. The average Bonchev–Trinajstić information content (AvgIpc) is 3.26. The number of fused-ring (bicyclic) bond motifs is 1. The summed E-state index contributed by atoms with van der Waals surface area (Å²) < 4.78 is 27.3. The number of hydrogen-bond donors (Lipinski definition) is 2. The lowest BCUT2D eigenvalue weighted by molar-refractivity contribution is 0.0696. The number of piperidine rings is 1. The molecule has 4 aromatic rings. The van der Waals surface area contributed by atoms with Gasteiger partial charge in [-0.05, 0) is 56.3 Å². The number of aliphatic hydroxyl groups is 1. The SMILES string of the molecule is Cn1c(CN2CCC(c3cccc(OCc4ccc(Cl)cc4F)n3)CC2)nc2c(OCCO)cc(C(=O)O)cc21. The smallest absolute Gasteiger partial charge is 0.335 e. The summed E-state index contributed by atoms with van der Waals surface area (Å²) in [6, 6.07) is 13.2. The summed E-state index contributed by atoms with van der Waals surface area (Å²) in [5.74, 6) is 0.399. The van der Waals surface area contributed by atoms with E-state index in [0.29, 0.717) is 39.8 Å². The molecule has 2 aromatic carbocycles. The molecule has 1 saturated heterocycles. The fourth-order valence-electron chi connectivity index (χ4n) is 4.95. The van der Waals surface area contributed by atoms with Crippen LogP contribution in [0, 0.1) is 5.82 Å². The highest BCUT2D eigenvalue weighted by Gasteiger charge is 2.24. The summed E-state index contributed by atoms with van der Waals surface area (Å²) in [5.41, 5.74) is 2.71. The van der Waals surface area contributed by atoms with Gasteiger partial charge in [-0.3, -0.25) is 4.90 Å². The van der Waals surface area contributed by atoms with Crippen LogP contribution in [0.5, 0.6) is 11.6 Å². The highest BCUT2D eigenvalue weighted by molar-refractivity contribution is 6.30. The topological polar surface area (TPSA) is 110 Å². The number of nitrogens with zero attached hydrogens (tertiary/aromatic N) is 4. The number of aliphatic hydroxyl groups excluding tert-OH is 1. The first-order chi connectivity index (χ1) is 19.3. The Morgan fingerprint density at radius 3 is 2.65 bits per heavy atom. The van der Waals surface area contributed by atoms with Crippen LogP contribution >= 0.6 is 11.6 Å². The highest BCUT2D eigenvalue weighted by Crippen LogP contribution is 2.31. The van der Waals surface area contributed by atoms with E-state index < -0.39 is 11.8 Å². The van der Waals surface area contributed by atoms with Gasteiger partial charge in [0.15, 0.2) is 0 Å². The zero-order valence-electron chi connectivity index (χ0n) is 22.0. The van der Waals surface area contributed by atoms with Crippen LogP contribution in [0.3, 0.4) is 0 Å². The molecule has 0 radical (unpaired) electrons. The van der Waals surface area contributed by atoms with Gasteiger partial charge in [-0.15, -0.1) is 0 Å². The van der Waals surface area contributed by atoms with Gasteiger partial charge in [0, 0.05) is 35.3 Å². The van der Waals surface area contributed by atoms with Crippen LogP contribution in [0.4, 0.5) is 4.39 Å². The summed E-state index contributed by atoms with van der Waals surface area (Å²) >= 11 is 5.83. The molecule has 210 valence electrons. The maximum absolute atomic E-state index is 14.1. The van der Waals surface area contributed by atoms with E-state index in [2.05, 4.69) is 9.88 Å². The Hall–Kier alpha value is -3.73. The Bertz CT molecular complexity index is 1520. The Balaban J connectivity index is 1.23. The van der Waals surface area contributed by atoms with Gasteiger partial charge in [-0.2, -0.15) is 0 Å². The standard InChI is InChI=1S/C29H30ClFN4O5/c1-34-24-13-20(29(37)38)14-25(39-12-11-36)28(24)33-26(34)16-35-9-7-18(8-10-35)23-3-2-4-27(32-23)40-17-19-5-6-21(30)15-22(19)31/h2-6,13-15,18,36H,7-12,16-17H2,1H3,(H,37,38). The van der Waals surface area contributed by atoms with Gasteiger partial charge in [0.05, 0.1) is 24.2 Å². The number of pyridine rings is 1. The maximum atomic E-state index is 14.1. The van der Waals surface area contributed by atoms with Gasteiger partial charge >= 0.3 is 5.97 Å². The largest absolute Gasteiger partial charge is 0.489 e. The second kappa shape index (κ2) is 12.2. The van der Waals surface area contributed by atoms with Crippen molar-refractivity contribution in [2.24, 2.45) is 7.05 Å². The van der Waals surface area contributed by atoms with Crippen molar-refractivity contribution in [3.05, 3.63) is 82.0 Å². The van der Waals surface area contributed by atoms with Crippen LogP contribution in [0.15, 0.2) is 48.5 Å². The molecule has 9 nitrogen and oxygen atoms in total. The quantitative estimate of drug-likeness (QED) is 0.281. The fraction of sp³-hybridized carbons (Fsp3) is 0.345. The normalized spacial score (nSPS) is 14.5. The number of aromatic carboxylic acids is 1. The van der Waals surface area contributed by atoms with Crippen LogP contribution in [-0.4, -0.2) is 61.9 Å². The van der Waals surface area contributed by atoms with E-state index in [9.17, 15) is 14.3 Å². The molecule has 0 saturated carbocycles. The number of hydrogen-bond acceptors (Lipinski definition) is 7. The Morgan fingerprint density at radius 1 is 1.12 bits per heavy atom. The van der Waals surface area contributed by atoms with Gasteiger partial charge in [0.25, 0.3) is 0 Å². The van der Waals surface area contributed by atoms with E-state index in [1.165, 1.54) is 12.1 Å². The van der Waals surface area contributed by atoms with Gasteiger partial charge in [0.2, 0.25) is 5.88 Å². The third kappa shape index (κ3) is 6.19. The predicted molar refractivity (Wildman–Crippen MR) is 147 cm³/mol. The van der Waals surface area contributed by atoms with E-state index in [4.69, 9.17) is 31.2 Å². The molecule has 0 amide bonds. The van der Waals surface area contributed by atoms with Gasteiger partial charge in [-0.1, -0.05) is 23.7 Å². The molecule has 0 spiro atoms. The molecular weight excluding hydrogens is 539 g/mol. The first-order valence-electron chi connectivity index (χ1n) is 13.0. The molecule has 3 heterocycles. The summed E-state index contributed by atoms with van der Waals surface area (Å²) in [6.07, 6.45) is 1.81. The van der Waals surface area contributed by atoms with Crippen molar-refractivity contribution in [3.8, 4) is 11.6 Å². The number of ether oxygens (including phenoxy) is 2. The third-order valence-electron chi connectivity index (χ3n) is 7.15. The van der Waals surface area contributed by atoms with Crippen molar-refractivity contribution in [2.75, 3.05) is 26.3 Å². The van der Waals surface area contributed by atoms with Crippen molar-refractivity contribution >= 4 is 28.6 Å². The predicted octanol–water partition coefficient (Wildman–Crippen LogP) is 4.79. The van der Waals surface area contributed by atoms with E-state index in [0.717, 1.165) is 37.4 Å². The van der Waals surface area contributed by atoms with E-state index in [-0.39, 0.29) is 31.3 Å². The minimum atomic E-state index is -1.05. The van der Waals surface area contributed by atoms with Crippen LogP contribution in [0.2, 0.25) is 5.02 Å². The lowest BCUT2D eigenvalue weighted by atomic mass is 9.93. The molecule has 2 aromatic heterocycles. The zero-order valence-corrected chi connectivity index (χ0v) is 22.8. The number of aryl methyl sites for hydroxylation is 1. The molecule has 1 aliphatic rings. The molecule has 1 fully saturated rings. The van der Waals surface area contributed by atoms with E-state index in [1.54, 1.807) is 24.3 Å². The van der Waals surface area contributed by atoms with E-state index >= 15 is 0 Å². The fourth-order valence-corrected chi connectivity index (χ4v) is 5.11. The number of carbonyl (C=O) groups is 1. The molecule has 5 rings (SSSR count). The average molecular weight is 569 g/mol. The molecule has 40 heavy (non-hydrogen) atoms. The number of imidazole rings is 1. The zero-order chi connectivity index (χ0) is 28.2. The third-order valence-corrected chi connectivity index (χ3v) is 7.38. The van der Waals surface area contributed by atoms with Crippen LogP contribution in [0.25, 0.3) is 11.0 Å². The van der Waals surface area contributed by atoms with Crippen molar-refractivity contribution in [3.63, 3.8) is 0 Å². The number of aromatic nitrogens is 3. The first kappa shape index (κ1) is 27.8. The summed E-state index contributed by atoms with van der Waals surface area (Å²) in [5, 5.41) is 19.0. The number of carboxylic acid groups (broad SMARTS) is 1. The molecule has 1 aliphatic heterocycles. The minimum absolute atomic E-state index is 0.0515. The second-order valence-electron chi connectivity index (χ2n) is 9.78. The number of benzene rings is 2. The van der Waals surface area contributed by atoms with Gasteiger partial charge in [0.1, 0.15) is 36.1 Å². The molecule has 0 bridgehead atoms. The molecule has 0 atom stereocenters. The van der Waals surface area contributed by atoms with Crippen molar-refractivity contribution in [1.82, 2.24) is 19.4 Å². The molecule has 0 aliphatic carbocycles. The minimum Gasteiger partial charge on any atom is -0.489 e. The van der Waals surface area contributed by atoms with Crippen molar-refractivity contribution in [2.45, 2.75) is 31.9 Å². The summed E-state index contributed by atoms with van der Waals surface area (Å²) in [4.78, 5) is 23.4. The van der Waals surface area contributed by atoms with E-state index in [1.807, 2.05) is 23.7 Å². The maximum Gasteiger partial charge on any atom is 0.335 e. The monoisotopic (exact) mass is 568 g/mol. The van der Waals surface area contributed by atoms with Crippen molar-refractivity contribution in [1.29, 1.82) is 0 Å². The second-order valence-corrected chi connectivity index (χ2v) is 10.2. The molecule has 11 heteroatoms. The van der Waals surface area contributed by atoms with Gasteiger partial charge in [-0.25, -0.2) is 19.2 Å². The summed E-state index contributed by atoms with van der Waals surface area (Å²) in [7, 11) is 1.87. The van der Waals surface area contributed by atoms with Crippen LogP contribution < -0.4 is 9.47 Å². The molecule has 0 unspecified atom stereocenters. The number of carboxylic acids is 1. The number of rotatable bonds is 10. The number of halogens is 2. The summed E-state index contributed by atoms with van der Waals surface area (Å²) in [6.45, 7) is 2.21. The Labute approximate surface area is 235 Å². The molecular formula is C29H30ClFN4O5. The van der Waals surface area contributed by atoms with Crippen molar-refractivity contribution < 1.29 is 28.9 Å². The van der Waals surface area contributed by atoms with Crippen LogP contribution in [0.1, 0.15) is 46.2 Å². The first-order valence-corrected chi connectivity index (χ1v) is 13.4. The van der Waals surface area contributed by atoms with Gasteiger partial charge < -0.3 is 24.3 Å². The Kier molecular flexibility index (Phi) is 8.49. The molecule has 2 N–H and O–H groups in total.